The van der Waals surface area contributed by atoms with Crippen molar-refractivity contribution in [2.75, 3.05) is 11.4 Å². The molecule has 0 unspecified atom stereocenters. The Morgan fingerprint density at radius 1 is 0.833 bits per heavy atom. The third-order valence-corrected chi connectivity index (χ3v) is 5.65. The topological polar surface area (TPSA) is 3.24 Å². The summed E-state index contributed by atoms with van der Waals surface area (Å²) in [4.78, 5) is 2.46. The summed E-state index contributed by atoms with van der Waals surface area (Å²) in [6.45, 7) is 12.4. The van der Waals surface area contributed by atoms with Crippen molar-refractivity contribution in [3.05, 3.63) is 42.1 Å². The minimum atomic E-state index is 0.0785. The Bertz CT molecular complexity index is 515. The van der Waals surface area contributed by atoms with E-state index in [1.54, 1.807) is 0 Å². The van der Waals surface area contributed by atoms with Crippen molar-refractivity contribution in [1.82, 2.24) is 0 Å². The molecule has 0 amide bonds. The van der Waals surface area contributed by atoms with E-state index in [2.05, 4.69) is 56.5 Å². The van der Waals surface area contributed by atoms with E-state index in [1.807, 2.05) is 0 Å². The molecule has 0 saturated carbocycles. The second-order valence-corrected chi connectivity index (χ2v) is 7.92. The minimum absolute atomic E-state index is 0.0785. The summed E-state index contributed by atoms with van der Waals surface area (Å²) in [5.41, 5.74) is 4.15. The molecule has 0 spiro atoms. The average molecular weight is 328 g/mol. The first-order valence-electron chi connectivity index (χ1n) is 10.2. The fourth-order valence-corrected chi connectivity index (χ4v) is 3.89. The predicted molar refractivity (Wildman–Crippen MR) is 108 cm³/mol. The maximum atomic E-state index is 4.39. The van der Waals surface area contributed by atoms with Gasteiger partial charge in [0.25, 0.3) is 0 Å². The first-order chi connectivity index (χ1) is 11.6. The molecule has 0 saturated heterocycles. The highest BCUT2D eigenvalue weighted by molar-refractivity contribution is 5.69. The lowest BCUT2D eigenvalue weighted by Crippen LogP contribution is -2.26. The lowest BCUT2D eigenvalue weighted by Gasteiger charge is -2.25. The molecule has 1 aliphatic rings. The van der Waals surface area contributed by atoms with Crippen LogP contribution in [0.1, 0.15) is 90.5 Å². The molecule has 134 valence electrons. The molecule has 1 aromatic rings. The zero-order chi connectivity index (χ0) is 17.4. The maximum Gasteiger partial charge on any atom is 0.0450 e. The average Bonchev–Trinajstić information content (AvgIpc) is 2.77. The molecule has 1 heterocycles. The number of rotatable bonds is 11. The van der Waals surface area contributed by atoms with Gasteiger partial charge in [-0.2, -0.15) is 0 Å². The first kappa shape index (κ1) is 19.1. The van der Waals surface area contributed by atoms with Gasteiger partial charge in [-0.1, -0.05) is 103 Å². The molecule has 1 heteroatoms. The van der Waals surface area contributed by atoms with Gasteiger partial charge in [-0.15, -0.1) is 0 Å². The molecule has 0 radical (unpaired) electrons. The Hall–Kier alpha value is -1.24. The van der Waals surface area contributed by atoms with Gasteiger partial charge in [0.2, 0.25) is 0 Å². The van der Waals surface area contributed by atoms with Gasteiger partial charge >= 0.3 is 0 Å². The van der Waals surface area contributed by atoms with E-state index in [0.29, 0.717) is 0 Å². The van der Waals surface area contributed by atoms with Crippen LogP contribution in [0.3, 0.4) is 0 Å². The molecule has 0 fully saturated rings. The van der Waals surface area contributed by atoms with Gasteiger partial charge < -0.3 is 4.90 Å². The zero-order valence-electron chi connectivity index (χ0n) is 16.2. The van der Waals surface area contributed by atoms with Crippen LogP contribution in [0.25, 0.3) is 0 Å². The van der Waals surface area contributed by atoms with Crippen molar-refractivity contribution in [2.24, 2.45) is 0 Å². The molecule has 0 atom stereocenters. The normalized spacial score (nSPS) is 15.8. The zero-order valence-corrected chi connectivity index (χ0v) is 16.2. The number of allylic oxidation sites excluding steroid dienone is 1. The van der Waals surface area contributed by atoms with Crippen LogP contribution in [0.2, 0.25) is 0 Å². The second-order valence-electron chi connectivity index (χ2n) is 7.92. The standard InChI is InChI=1S/C23H37N/c1-5-6-7-8-9-10-11-12-13-16-19-24-20(2)23(3,4)21-17-14-15-18-22(21)24/h14-15,17-18H,2,5-13,16,19H2,1,3-4H3. The van der Waals surface area contributed by atoms with Crippen LogP contribution in [0.15, 0.2) is 36.5 Å². The summed E-state index contributed by atoms with van der Waals surface area (Å²) in [6, 6.07) is 8.82. The van der Waals surface area contributed by atoms with Gasteiger partial charge in [0.15, 0.2) is 0 Å². The van der Waals surface area contributed by atoms with E-state index in [4.69, 9.17) is 0 Å². The number of nitrogens with zero attached hydrogens (tertiary/aromatic N) is 1. The SMILES string of the molecule is C=C1N(CCCCCCCCCCCC)c2ccccc2C1(C)C. The summed E-state index contributed by atoms with van der Waals surface area (Å²) in [5, 5.41) is 0. The summed E-state index contributed by atoms with van der Waals surface area (Å²) in [7, 11) is 0. The third kappa shape index (κ3) is 4.65. The van der Waals surface area contributed by atoms with E-state index < -0.39 is 0 Å². The van der Waals surface area contributed by atoms with Gasteiger partial charge in [0.05, 0.1) is 0 Å². The Balaban J connectivity index is 1.66. The summed E-state index contributed by atoms with van der Waals surface area (Å²) in [5.74, 6) is 0. The van der Waals surface area contributed by atoms with E-state index in [1.165, 1.54) is 81.2 Å². The molecule has 0 aromatic heterocycles. The van der Waals surface area contributed by atoms with Crippen molar-refractivity contribution in [3.63, 3.8) is 0 Å². The van der Waals surface area contributed by atoms with Gasteiger partial charge in [0, 0.05) is 23.3 Å². The van der Waals surface area contributed by atoms with Crippen molar-refractivity contribution in [3.8, 4) is 0 Å². The first-order valence-corrected chi connectivity index (χ1v) is 10.2. The Kier molecular flexibility index (Phi) is 7.40. The largest absolute Gasteiger partial charge is 0.345 e. The van der Waals surface area contributed by atoms with E-state index in [9.17, 15) is 0 Å². The number of hydrogen-bond acceptors (Lipinski definition) is 1. The molecule has 0 aliphatic carbocycles. The van der Waals surface area contributed by atoms with Crippen LogP contribution in [-0.4, -0.2) is 6.54 Å². The van der Waals surface area contributed by atoms with Crippen LogP contribution in [0.4, 0.5) is 5.69 Å². The number of fused-ring (bicyclic) bond motifs is 1. The molecular weight excluding hydrogens is 290 g/mol. The highest BCUT2D eigenvalue weighted by Crippen LogP contribution is 2.46. The van der Waals surface area contributed by atoms with Gasteiger partial charge in [-0.3, -0.25) is 0 Å². The number of para-hydroxylation sites is 1. The maximum absolute atomic E-state index is 4.39. The van der Waals surface area contributed by atoms with Crippen molar-refractivity contribution in [2.45, 2.75) is 90.4 Å². The molecule has 1 aliphatic heterocycles. The fourth-order valence-electron chi connectivity index (χ4n) is 3.89. The number of anilines is 1. The quantitative estimate of drug-likeness (QED) is 0.388. The van der Waals surface area contributed by atoms with E-state index >= 15 is 0 Å². The van der Waals surface area contributed by atoms with Crippen LogP contribution in [-0.2, 0) is 5.41 Å². The van der Waals surface area contributed by atoms with E-state index in [0.717, 1.165) is 6.54 Å². The molecule has 1 nitrogen and oxygen atoms in total. The fraction of sp³-hybridized carbons (Fsp3) is 0.652. The van der Waals surface area contributed by atoms with Gasteiger partial charge in [0.1, 0.15) is 0 Å². The highest BCUT2D eigenvalue weighted by atomic mass is 15.2. The number of unbranched alkanes of at least 4 members (excludes halogenated alkanes) is 9. The number of hydrogen-bond donors (Lipinski definition) is 0. The summed E-state index contributed by atoms with van der Waals surface area (Å²) >= 11 is 0. The second kappa shape index (κ2) is 9.30. The predicted octanol–water partition coefficient (Wildman–Crippen LogP) is 7.22. The molecule has 0 N–H and O–H groups in total. The van der Waals surface area contributed by atoms with Crippen LogP contribution < -0.4 is 4.90 Å². The van der Waals surface area contributed by atoms with Crippen molar-refractivity contribution >= 4 is 5.69 Å². The Morgan fingerprint density at radius 2 is 1.38 bits per heavy atom. The van der Waals surface area contributed by atoms with Crippen molar-refractivity contribution < 1.29 is 0 Å². The molecule has 24 heavy (non-hydrogen) atoms. The van der Waals surface area contributed by atoms with Crippen LogP contribution in [0.5, 0.6) is 0 Å². The summed E-state index contributed by atoms with van der Waals surface area (Å²) < 4.78 is 0. The van der Waals surface area contributed by atoms with Gasteiger partial charge in [-0.05, 0) is 18.1 Å². The monoisotopic (exact) mass is 327 g/mol. The number of benzene rings is 1. The van der Waals surface area contributed by atoms with Crippen LogP contribution >= 0.6 is 0 Å². The highest BCUT2D eigenvalue weighted by Gasteiger charge is 2.38. The minimum Gasteiger partial charge on any atom is -0.345 e. The molecule has 0 bridgehead atoms. The molecule has 1 aromatic carbocycles. The molecule has 2 rings (SSSR count). The van der Waals surface area contributed by atoms with Crippen LogP contribution in [0, 0.1) is 0 Å². The smallest absolute Gasteiger partial charge is 0.0450 e. The Labute approximate surface area is 150 Å². The Morgan fingerprint density at radius 3 is 2.00 bits per heavy atom. The lowest BCUT2D eigenvalue weighted by molar-refractivity contribution is 0.554. The van der Waals surface area contributed by atoms with Crippen molar-refractivity contribution in [1.29, 1.82) is 0 Å². The third-order valence-electron chi connectivity index (χ3n) is 5.65. The van der Waals surface area contributed by atoms with E-state index in [-0.39, 0.29) is 5.41 Å². The summed E-state index contributed by atoms with van der Waals surface area (Å²) in [6.07, 6.45) is 13.9. The lowest BCUT2D eigenvalue weighted by atomic mass is 9.84. The molecular formula is C23H37N. The van der Waals surface area contributed by atoms with Gasteiger partial charge in [-0.25, -0.2) is 0 Å².